The molecule has 0 saturated carbocycles. The van der Waals surface area contributed by atoms with Crippen molar-refractivity contribution in [1.29, 1.82) is 0 Å². The molecule has 0 amide bonds. The molecule has 1 aromatic carbocycles. The smallest absolute Gasteiger partial charge is 0.123 e. The number of rotatable bonds is 3. The zero-order valence-corrected chi connectivity index (χ0v) is 11.8. The molecule has 0 aromatic heterocycles. The second kappa shape index (κ2) is 5.70. The summed E-state index contributed by atoms with van der Waals surface area (Å²) in [4.78, 5) is 2.42. The van der Waals surface area contributed by atoms with Gasteiger partial charge in [0.1, 0.15) is 11.9 Å². The van der Waals surface area contributed by atoms with Gasteiger partial charge in [-0.2, -0.15) is 0 Å². The highest BCUT2D eigenvalue weighted by molar-refractivity contribution is 6.30. The normalized spacial score (nSPS) is 27.1. The lowest BCUT2D eigenvalue weighted by Crippen LogP contribution is -2.42. The zero-order valence-electron chi connectivity index (χ0n) is 11.0. The summed E-state index contributed by atoms with van der Waals surface area (Å²) in [5, 5.41) is 10.0. The minimum absolute atomic E-state index is 0.228. The Morgan fingerprint density at radius 3 is 3.16 bits per heavy atom. The quantitative estimate of drug-likeness (QED) is 0.923. The summed E-state index contributed by atoms with van der Waals surface area (Å²) in [7, 11) is 0. The number of benzene rings is 1. The minimum Gasteiger partial charge on any atom is -0.488 e. The van der Waals surface area contributed by atoms with E-state index in [2.05, 4.69) is 4.90 Å². The van der Waals surface area contributed by atoms with Crippen molar-refractivity contribution in [2.75, 3.05) is 26.2 Å². The minimum atomic E-state index is 0.228. The van der Waals surface area contributed by atoms with Crippen molar-refractivity contribution in [3.63, 3.8) is 0 Å². The first-order chi connectivity index (χ1) is 9.24. The highest BCUT2D eigenvalue weighted by Gasteiger charge is 2.27. The summed E-state index contributed by atoms with van der Waals surface area (Å²) >= 11 is 6.01. The lowest BCUT2D eigenvalue weighted by molar-refractivity contribution is 0.0858. The SMILES string of the molecule is OCC1CCCN(CC2Cc3cc(Cl)ccc3O2)C1. The molecule has 0 radical (unpaired) electrons. The first-order valence-corrected chi connectivity index (χ1v) is 7.40. The van der Waals surface area contributed by atoms with Crippen molar-refractivity contribution in [2.45, 2.75) is 25.4 Å². The zero-order chi connectivity index (χ0) is 13.2. The Bertz CT molecular complexity index is 452. The van der Waals surface area contributed by atoms with E-state index in [1.54, 1.807) is 0 Å². The number of likely N-dealkylation sites (tertiary alicyclic amines) is 1. The molecule has 2 aliphatic heterocycles. The van der Waals surface area contributed by atoms with Gasteiger partial charge in [0, 0.05) is 31.1 Å². The third-order valence-corrected chi connectivity index (χ3v) is 4.32. The molecular weight excluding hydrogens is 262 g/mol. The maximum absolute atomic E-state index is 9.27. The number of ether oxygens (including phenoxy) is 1. The Hall–Kier alpha value is -0.770. The van der Waals surface area contributed by atoms with E-state index < -0.39 is 0 Å². The van der Waals surface area contributed by atoms with Crippen molar-refractivity contribution < 1.29 is 9.84 Å². The van der Waals surface area contributed by atoms with Gasteiger partial charge in [-0.1, -0.05) is 11.6 Å². The fraction of sp³-hybridized carbons (Fsp3) is 0.600. The first kappa shape index (κ1) is 13.2. The van der Waals surface area contributed by atoms with E-state index in [1.807, 2.05) is 18.2 Å². The van der Waals surface area contributed by atoms with E-state index in [4.69, 9.17) is 16.3 Å². The second-order valence-corrected chi connectivity index (χ2v) is 6.08. The number of fused-ring (bicyclic) bond motifs is 1. The van der Waals surface area contributed by atoms with Gasteiger partial charge in [-0.3, -0.25) is 4.90 Å². The van der Waals surface area contributed by atoms with Crippen LogP contribution in [-0.2, 0) is 6.42 Å². The highest BCUT2D eigenvalue weighted by atomic mass is 35.5. The van der Waals surface area contributed by atoms with Crippen LogP contribution >= 0.6 is 11.6 Å². The van der Waals surface area contributed by atoms with Crippen molar-refractivity contribution in [2.24, 2.45) is 5.92 Å². The van der Waals surface area contributed by atoms with Gasteiger partial charge in [-0.05, 0) is 49.1 Å². The molecule has 1 fully saturated rings. The summed E-state index contributed by atoms with van der Waals surface area (Å²) in [5.74, 6) is 1.41. The number of halogens is 1. The molecule has 2 heterocycles. The fourth-order valence-corrected chi connectivity index (χ4v) is 3.34. The number of hydrogen-bond acceptors (Lipinski definition) is 3. The Kier molecular flexibility index (Phi) is 3.96. The monoisotopic (exact) mass is 281 g/mol. The summed E-state index contributed by atoms with van der Waals surface area (Å²) in [6.07, 6.45) is 3.49. The average Bonchev–Trinajstić information content (AvgIpc) is 2.80. The predicted molar refractivity (Wildman–Crippen MR) is 75.8 cm³/mol. The summed E-state index contributed by atoms with van der Waals surface area (Å²) in [5.41, 5.74) is 1.22. The molecule has 0 bridgehead atoms. The van der Waals surface area contributed by atoms with Gasteiger partial charge in [0.2, 0.25) is 0 Å². The Morgan fingerprint density at radius 1 is 1.42 bits per heavy atom. The van der Waals surface area contributed by atoms with E-state index in [0.29, 0.717) is 12.5 Å². The van der Waals surface area contributed by atoms with Crippen molar-refractivity contribution in [3.8, 4) is 5.75 Å². The summed E-state index contributed by atoms with van der Waals surface area (Å²) < 4.78 is 5.97. The van der Waals surface area contributed by atoms with Crippen molar-refractivity contribution in [1.82, 2.24) is 4.90 Å². The molecule has 2 aliphatic rings. The van der Waals surface area contributed by atoms with Gasteiger partial charge in [-0.15, -0.1) is 0 Å². The molecule has 4 heteroatoms. The standard InChI is InChI=1S/C15H20ClNO2/c16-13-3-4-15-12(6-13)7-14(19-15)9-17-5-1-2-11(8-17)10-18/h3-4,6,11,14,18H,1-2,5,7-10H2. The lowest BCUT2D eigenvalue weighted by Gasteiger charge is -2.33. The number of aliphatic hydroxyl groups is 1. The van der Waals surface area contributed by atoms with E-state index in [9.17, 15) is 5.11 Å². The van der Waals surface area contributed by atoms with Crippen LogP contribution in [0.5, 0.6) is 5.75 Å². The van der Waals surface area contributed by atoms with Gasteiger partial charge in [0.05, 0.1) is 0 Å². The third-order valence-electron chi connectivity index (χ3n) is 4.09. The number of piperidine rings is 1. The molecule has 3 rings (SSSR count). The van der Waals surface area contributed by atoms with Gasteiger partial charge in [0.15, 0.2) is 0 Å². The average molecular weight is 282 g/mol. The molecule has 19 heavy (non-hydrogen) atoms. The van der Waals surface area contributed by atoms with Crippen LogP contribution in [0, 0.1) is 5.92 Å². The number of aliphatic hydroxyl groups excluding tert-OH is 1. The first-order valence-electron chi connectivity index (χ1n) is 7.03. The van der Waals surface area contributed by atoms with E-state index >= 15 is 0 Å². The molecule has 3 nitrogen and oxygen atoms in total. The van der Waals surface area contributed by atoms with Crippen LogP contribution < -0.4 is 4.74 Å². The fourth-order valence-electron chi connectivity index (χ4n) is 3.14. The van der Waals surface area contributed by atoms with Crippen molar-refractivity contribution >= 4 is 11.6 Å². The maximum atomic E-state index is 9.27. The molecule has 104 valence electrons. The largest absolute Gasteiger partial charge is 0.488 e. The third kappa shape index (κ3) is 3.04. The topological polar surface area (TPSA) is 32.7 Å². The van der Waals surface area contributed by atoms with Crippen LogP contribution in [0.15, 0.2) is 18.2 Å². The van der Waals surface area contributed by atoms with E-state index in [0.717, 1.165) is 43.2 Å². The van der Waals surface area contributed by atoms with Gasteiger partial charge in [-0.25, -0.2) is 0 Å². The summed E-state index contributed by atoms with van der Waals surface area (Å²) in [6, 6.07) is 5.85. The van der Waals surface area contributed by atoms with Crippen LogP contribution in [0.3, 0.4) is 0 Å². The number of nitrogens with zero attached hydrogens (tertiary/aromatic N) is 1. The van der Waals surface area contributed by atoms with Crippen LogP contribution in [0.25, 0.3) is 0 Å². The lowest BCUT2D eigenvalue weighted by atomic mass is 9.98. The van der Waals surface area contributed by atoms with Gasteiger partial charge < -0.3 is 9.84 Å². The molecule has 1 N–H and O–H groups in total. The molecule has 1 aromatic rings. The Balaban J connectivity index is 1.58. The van der Waals surface area contributed by atoms with Crippen LogP contribution in [-0.4, -0.2) is 42.4 Å². The molecule has 1 saturated heterocycles. The van der Waals surface area contributed by atoms with E-state index in [-0.39, 0.29) is 6.10 Å². The molecule has 0 aliphatic carbocycles. The molecule has 2 unspecified atom stereocenters. The van der Waals surface area contributed by atoms with Crippen molar-refractivity contribution in [3.05, 3.63) is 28.8 Å². The Labute approximate surface area is 119 Å². The van der Waals surface area contributed by atoms with Crippen LogP contribution in [0.1, 0.15) is 18.4 Å². The van der Waals surface area contributed by atoms with Gasteiger partial charge in [0.25, 0.3) is 0 Å². The molecular formula is C15H20ClNO2. The Morgan fingerprint density at radius 2 is 2.32 bits per heavy atom. The molecule has 0 spiro atoms. The summed E-state index contributed by atoms with van der Waals surface area (Å²) in [6.45, 7) is 3.36. The number of hydrogen-bond donors (Lipinski definition) is 1. The predicted octanol–water partition coefficient (Wildman–Crippen LogP) is 2.35. The second-order valence-electron chi connectivity index (χ2n) is 5.65. The van der Waals surface area contributed by atoms with E-state index in [1.165, 1.54) is 12.0 Å². The van der Waals surface area contributed by atoms with Gasteiger partial charge >= 0.3 is 0 Å². The highest BCUT2D eigenvalue weighted by Crippen LogP contribution is 2.31. The van der Waals surface area contributed by atoms with Crippen LogP contribution in [0.2, 0.25) is 5.02 Å². The van der Waals surface area contributed by atoms with Crippen LogP contribution in [0.4, 0.5) is 0 Å². The molecule has 2 atom stereocenters. The maximum Gasteiger partial charge on any atom is 0.123 e.